The number of hydrogen-bond acceptors (Lipinski definition) is 4. The topological polar surface area (TPSA) is 65.2 Å². The summed E-state index contributed by atoms with van der Waals surface area (Å²) in [5.41, 5.74) is 3.94. The molecular formula is C15H16N2O2. The van der Waals surface area contributed by atoms with Gasteiger partial charge in [0.25, 0.3) is 0 Å². The number of phenols is 2. The molecule has 2 rings (SSSR count). The number of phenolic OH excluding ortho intramolecular Hbond substituents is 2. The lowest BCUT2D eigenvalue weighted by Gasteiger charge is -2.04. The molecule has 0 spiro atoms. The van der Waals surface area contributed by atoms with Gasteiger partial charge in [-0.25, -0.2) is 0 Å². The summed E-state index contributed by atoms with van der Waals surface area (Å²) in [6.07, 6.45) is 0. The van der Waals surface area contributed by atoms with E-state index in [1.165, 1.54) is 0 Å². The molecule has 0 unspecified atom stereocenters. The number of aromatic hydroxyl groups is 2. The lowest BCUT2D eigenvalue weighted by molar-refractivity contribution is 0.471. The first-order valence-corrected chi connectivity index (χ1v) is 5.99. The fraction of sp³-hybridized carbons (Fsp3) is 0.200. The molecule has 0 radical (unpaired) electrons. The summed E-state index contributed by atoms with van der Waals surface area (Å²) in [6, 6.07) is 8.38. The van der Waals surface area contributed by atoms with Crippen molar-refractivity contribution >= 4 is 11.4 Å². The molecule has 0 aliphatic rings. The number of azo groups is 1. The third-order valence-corrected chi connectivity index (χ3v) is 2.92. The summed E-state index contributed by atoms with van der Waals surface area (Å²) >= 11 is 0. The average molecular weight is 256 g/mol. The Morgan fingerprint density at radius 2 is 1.42 bits per heavy atom. The highest BCUT2D eigenvalue weighted by Gasteiger charge is 2.04. The van der Waals surface area contributed by atoms with Crippen LogP contribution in [0.1, 0.15) is 16.7 Å². The quantitative estimate of drug-likeness (QED) is 0.780. The van der Waals surface area contributed by atoms with Crippen molar-refractivity contribution in [1.82, 2.24) is 0 Å². The van der Waals surface area contributed by atoms with Gasteiger partial charge in [-0.15, -0.1) is 0 Å². The monoisotopic (exact) mass is 256 g/mol. The Morgan fingerprint density at radius 1 is 0.789 bits per heavy atom. The molecule has 19 heavy (non-hydrogen) atoms. The second-order valence-electron chi connectivity index (χ2n) is 4.60. The third-order valence-electron chi connectivity index (χ3n) is 2.92. The molecule has 98 valence electrons. The van der Waals surface area contributed by atoms with Crippen molar-refractivity contribution in [3.63, 3.8) is 0 Å². The van der Waals surface area contributed by atoms with Gasteiger partial charge < -0.3 is 10.2 Å². The van der Waals surface area contributed by atoms with Gasteiger partial charge in [0.1, 0.15) is 11.5 Å². The van der Waals surface area contributed by atoms with Crippen molar-refractivity contribution in [2.75, 3.05) is 0 Å². The second kappa shape index (κ2) is 5.10. The number of benzene rings is 2. The van der Waals surface area contributed by atoms with Crippen LogP contribution in [0, 0.1) is 20.8 Å². The molecule has 0 aliphatic heterocycles. The van der Waals surface area contributed by atoms with E-state index < -0.39 is 0 Å². The van der Waals surface area contributed by atoms with Gasteiger partial charge >= 0.3 is 0 Å². The highest BCUT2D eigenvalue weighted by Crippen LogP contribution is 2.30. The SMILES string of the molecule is Cc1cc(N=Nc2c(C)cc(O)cc2C)ccc1O. The van der Waals surface area contributed by atoms with E-state index in [9.17, 15) is 10.2 Å². The summed E-state index contributed by atoms with van der Waals surface area (Å²) < 4.78 is 0. The van der Waals surface area contributed by atoms with Gasteiger partial charge in [0, 0.05) is 0 Å². The van der Waals surface area contributed by atoms with E-state index in [1.54, 1.807) is 30.3 Å². The van der Waals surface area contributed by atoms with E-state index in [-0.39, 0.29) is 11.5 Å². The molecule has 2 N–H and O–H groups in total. The molecule has 0 saturated carbocycles. The number of nitrogens with zero attached hydrogens (tertiary/aromatic N) is 2. The Hall–Kier alpha value is -2.36. The van der Waals surface area contributed by atoms with Gasteiger partial charge in [-0.3, -0.25) is 0 Å². The van der Waals surface area contributed by atoms with Crippen LogP contribution in [0.3, 0.4) is 0 Å². The number of hydrogen-bond donors (Lipinski definition) is 2. The van der Waals surface area contributed by atoms with Gasteiger partial charge in [-0.1, -0.05) is 0 Å². The molecule has 0 atom stereocenters. The normalized spacial score (nSPS) is 11.1. The minimum atomic E-state index is 0.231. The fourth-order valence-electron chi connectivity index (χ4n) is 1.90. The van der Waals surface area contributed by atoms with Crippen molar-refractivity contribution < 1.29 is 10.2 Å². The predicted molar refractivity (Wildman–Crippen MR) is 74.6 cm³/mol. The smallest absolute Gasteiger partial charge is 0.118 e. The molecule has 4 heteroatoms. The summed E-state index contributed by atoms with van der Waals surface area (Å²) in [4.78, 5) is 0. The van der Waals surface area contributed by atoms with Gasteiger partial charge in [0.15, 0.2) is 0 Å². The van der Waals surface area contributed by atoms with Crippen LogP contribution in [0.15, 0.2) is 40.6 Å². The number of rotatable bonds is 2. The van der Waals surface area contributed by atoms with Crippen LogP contribution in [-0.2, 0) is 0 Å². The first kappa shape index (κ1) is 13.1. The molecule has 0 heterocycles. The van der Waals surface area contributed by atoms with Crippen LogP contribution in [-0.4, -0.2) is 10.2 Å². The highest BCUT2D eigenvalue weighted by molar-refractivity contribution is 5.55. The Bertz CT molecular complexity index is 626. The molecule has 4 nitrogen and oxygen atoms in total. The van der Waals surface area contributed by atoms with Crippen LogP contribution < -0.4 is 0 Å². The molecule has 0 fully saturated rings. The summed E-state index contributed by atoms with van der Waals surface area (Å²) in [5.74, 6) is 0.477. The molecule has 0 bridgehead atoms. The fourth-order valence-corrected chi connectivity index (χ4v) is 1.90. The minimum Gasteiger partial charge on any atom is -0.508 e. The lowest BCUT2D eigenvalue weighted by atomic mass is 10.1. The van der Waals surface area contributed by atoms with Gasteiger partial charge in [0.05, 0.1) is 11.4 Å². The molecule has 2 aromatic carbocycles. The maximum atomic E-state index is 9.47. The van der Waals surface area contributed by atoms with E-state index in [0.29, 0.717) is 5.69 Å². The van der Waals surface area contributed by atoms with Crippen LogP contribution in [0.25, 0.3) is 0 Å². The molecule has 2 aromatic rings. The first-order valence-electron chi connectivity index (χ1n) is 5.99. The number of aryl methyl sites for hydroxylation is 3. The van der Waals surface area contributed by atoms with Crippen molar-refractivity contribution in [2.24, 2.45) is 10.2 Å². The standard InChI is InChI=1S/C15H16N2O2/c1-9-6-12(4-5-14(9)19)16-17-15-10(2)7-13(18)8-11(15)3/h4-8,18-19H,1-3H3. The molecular weight excluding hydrogens is 240 g/mol. The average Bonchev–Trinajstić information content (AvgIpc) is 2.32. The zero-order valence-corrected chi connectivity index (χ0v) is 11.2. The van der Waals surface area contributed by atoms with Gasteiger partial charge in [0.2, 0.25) is 0 Å². The Labute approximate surface area is 112 Å². The Morgan fingerprint density at radius 3 is 2.00 bits per heavy atom. The predicted octanol–water partition coefficient (Wildman–Crippen LogP) is 4.44. The van der Waals surface area contributed by atoms with Gasteiger partial charge in [-0.05, 0) is 67.8 Å². The van der Waals surface area contributed by atoms with E-state index in [0.717, 1.165) is 22.4 Å². The van der Waals surface area contributed by atoms with Gasteiger partial charge in [-0.2, -0.15) is 10.2 Å². The highest BCUT2D eigenvalue weighted by atomic mass is 16.3. The second-order valence-corrected chi connectivity index (χ2v) is 4.60. The molecule has 0 saturated heterocycles. The molecule has 0 amide bonds. The third kappa shape index (κ3) is 2.91. The van der Waals surface area contributed by atoms with Crippen molar-refractivity contribution in [1.29, 1.82) is 0 Å². The van der Waals surface area contributed by atoms with Crippen LogP contribution in [0.5, 0.6) is 11.5 Å². The Balaban J connectivity index is 2.35. The summed E-state index contributed by atoms with van der Waals surface area (Å²) in [7, 11) is 0. The van der Waals surface area contributed by atoms with Crippen molar-refractivity contribution in [2.45, 2.75) is 20.8 Å². The van der Waals surface area contributed by atoms with Crippen LogP contribution in [0.4, 0.5) is 11.4 Å². The lowest BCUT2D eigenvalue weighted by Crippen LogP contribution is -1.80. The van der Waals surface area contributed by atoms with E-state index in [4.69, 9.17) is 0 Å². The van der Waals surface area contributed by atoms with E-state index in [1.807, 2.05) is 20.8 Å². The zero-order valence-electron chi connectivity index (χ0n) is 11.2. The maximum absolute atomic E-state index is 9.47. The molecule has 0 aromatic heterocycles. The van der Waals surface area contributed by atoms with Crippen LogP contribution in [0.2, 0.25) is 0 Å². The minimum absolute atomic E-state index is 0.231. The Kier molecular flexibility index (Phi) is 3.51. The molecule has 0 aliphatic carbocycles. The summed E-state index contributed by atoms with van der Waals surface area (Å²) in [6.45, 7) is 5.57. The van der Waals surface area contributed by atoms with Crippen molar-refractivity contribution in [3.05, 3.63) is 47.0 Å². The van der Waals surface area contributed by atoms with E-state index >= 15 is 0 Å². The summed E-state index contributed by atoms with van der Waals surface area (Å²) in [5, 5.41) is 27.3. The zero-order chi connectivity index (χ0) is 14.0. The van der Waals surface area contributed by atoms with Crippen LogP contribution >= 0.6 is 0 Å². The largest absolute Gasteiger partial charge is 0.508 e. The maximum Gasteiger partial charge on any atom is 0.118 e. The first-order chi connectivity index (χ1) is 8.97. The van der Waals surface area contributed by atoms with E-state index in [2.05, 4.69) is 10.2 Å². The van der Waals surface area contributed by atoms with Crippen molar-refractivity contribution in [3.8, 4) is 11.5 Å².